The van der Waals surface area contributed by atoms with Crippen molar-refractivity contribution in [1.29, 1.82) is 0 Å². The minimum absolute atomic E-state index is 0.00115. The van der Waals surface area contributed by atoms with Crippen LogP contribution < -0.4 is 4.74 Å². The van der Waals surface area contributed by atoms with Gasteiger partial charge in [0.1, 0.15) is 11.9 Å². The molecule has 0 unspecified atom stereocenters. The van der Waals surface area contributed by atoms with Crippen LogP contribution in [0, 0.1) is 5.82 Å². The Morgan fingerprint density at radius 3 is 2.70 bits per heavy atom. The van der Waals surface area contributed by atoms with E-state index in [2.05, 4.69) is 4.98 Å². The summed E-state index contributed by atoms with van der Waals surface area (Å²) in [6.07, 6.45) is 3.85. The van der Waals surface area contributed by atoms with Gasteiger partial charge in [0.15, 0.2) is 5.82 Å². The summed E-state index contributed by atoms with van der Waals surface area (Å²) in [7, 11) is 0. The van der Waals surface area contributed by atoms with E-state index in [0.717, 1.165) is 6.20 Å². The maximum atomic E-state index is 13.7. The van der Waals surface area contributed by atoms with E-state index in [1.807, 2.05) is 18.2 Å². The Hall–Kier alpha value is -2.14. The number of hydrogen-bond acceptors (Lipinski definition) is 3. The van der Waals surface area contributed by atoms with E-state index >= 15 is 0 Å². The highest BCUT2D eigenvalue weighted by Gasteiger charge is 2.26. The van der Waals surface area contributed by atoms with Crippen LogP contribution in [0.2, 0.25) is 5.02 Å². The first-order valence-electron chi connectivity index (χ1n) is 7.45. The van der Waals surface area contributed by atoms with Crippen LogP contribution in [0.25, 0.3) is 0 Å². The van der Waals surface area contributed by atoms with Gasteiger partial charge in [0.2, 0.25) is 0 Å². The zero-order valence-electron chi connectivity index (χ0n) is 12.4. The first-order chi connectivity index (χ1) is 11.1. The number of carbonyl (C=O) groups excluding carboxylic acids is 1. The van der Waals surface area contributed by atoms with Gasteiger partial charge in [-0.3, -0.25) is 9.78 Å². The topological polar surface area (TPSA) is 42.4 Å². The van der Waals surface area contributed by atoms with Crippen LogP contribution in [0.15, 0.2) is 42.7 Å². The van der Waals surface area contributed by atoms with Gasteiger partial charge in [-0.25, -0.2) is 4.39 Å². The third-order valence-corrected chi connectivity index (χ3v) is 4.17. The van der Waals surface area contributed by atoms with E-state index in [4.69, 9.17) is 16.3 Å². The number of rotatable bonds is 3. The fourth-order valence-electron chi connectivity index (χ4n) is 2.62. The van der Waals surface area contributed by atoms with E-state index in [-0.39, 0.29) is 17.6 Å². The SMILES string of the molecule is O=C(c1ccncc1F)N1CCC(Oc2ccccc2Cl)CC1. The number of hydrogen-bond donors (Lipinski definition) is 0. The van der Waals surface area contributed by atoms with Crippen LogP contribution in [-0.4, -0.2) is 35.0 Å². The summed E-state index contributed by atoms with van der Waals surface area (Å²) in [4.78, 5) is 17.6. The summed E-state index contributed by atoms with van der Waals surface area (Å²) in [6.45, 7) is 1.05. The maximum absolute atomic E-state index is 13.7. The second-order valence-corrected chi connectivity index (χ2v) is 5.80. The Morgan fingerprint density at radius 1 is 1.26 bits per heavy atom. The van der Waals surface area contributed by atoms with Crippen molar-refractivity contribution in [1.82, 2.24) is 9.88 Å². The maximum Gasteiger partial charge on any atom is 0.256 e. The monoisotopic (exact) mass is 334 g/mol. The lowest BCUT2D eigenvalue weighted by atomic mass is 10.1. The van der Waals surface area contributed by atoms with E-state index in [1.165, 1.54) is 12.3 Å². The summed E-state index contributed by atoms with van der Waals surface area (Å²) in [5.41, 5.74) is 0.0606. The second-order valence-electron chi connectivity index (χ2n) is 5.40. The Labute approximate surface area is 138 Å². The van der Waals surface area contributed by atoms with Crippen molar-refractivity contribution >= 4 is 17.5 Å². The molecule has 1 aliphatic rings. The van der Waals surface area contributed by atoms with Crippen molar-refractivity contribution in [2.45, 2.75) is 18.9 Å². The molecule has 0 radical (unpaired) electrons. The van der Waals surface area contributed by atoms with Crippen molar-refractivity contribution in [3.63, 3.8) is 0 Å². The second kappa shape index (κ2) is 6.96. The smallest absolute Gasteiger partial charge is 0.256 e. The van der Waals surface area contributed by atoms with Crippen molar-refractivity contribution in [2.24, 2.45) is 0 Å². The van der Waals surface area contributed by atoms with Crippen molar-refractivity contribution < 1.29 is 13.9 Å². The largest absolute Gasteiger partial charge is 0.489 e. The fourth-order valence-corrected chi connectivity index (χ4v) is 2.80. The third kappa shape index (κ3) is 3.62. The summed E-state index contributed by atoms with van der Waals surface area (Å²) < 4.78 is 19.5. The summed E-state index contributed by atoms with van der Waals surface area (Å²) in [5, 5.41) is 0.574. The number of carbonyl (C=O) groups is 1. The van der Waals surface area contributed by atoms with Crippen molar-refractivity contribution in [3.8, 4) is 5.75 Å². The molecule has 6 heteroatoms. The number of pyridine rings is 1. The molecule has 1 fully saturated rings. The van der Waals surface area contributed by atoms with E-state index < -0.39 is 5.82 Å². The molecule has 0 spiro atoms. The van der Waals surface area contributed by atoms with Crippen molar-refractivity contribution in [2.75, 3.05) is 13.1 Å². The van der Waals surface area contributed by atoms with Gasteiger partial charge >= 0.3 is 0 Å². The number of amides is 1. The minimum atomic E-state index is -0.591. The summed E-state index contributed by atoms with van der Waals surface area (Å²) >= 11 is 6.08. The molecule has 2 heterocycles. The molecule has 1 saturated heterocycles. The van der Waals surface area contributed by atoms with Crippen LogP contribution >= 0.6 is 11.6 Å². The molecule has 0 aliphatic carbocycles. The number of halogens is 2. The Morgan fingerprint density at radius 2 is 2.00 bits per heavy atom. The first kappa shape index (κ1) is 15.7. The molecule has 2 aromatic rings. The molecule has 1 amide bonds. The molecule has 3 rings (SSSR count). The molecule has 0 N–H and O–H groups in total. The lowest BCUT2D eigenvalue weighted by molar-refractivity contribution is 0.0591. The molecule has 1 aromatic carbocycles. The number of ether oxygens (including phenoxy) is 1. The molecule has 120 valence electrons. The van der Waals surface area contributed by atoms with E-state index in [1.54, 1.807) is 11.0 Å². The summed E-state index contributed by atoms with van der Waals surface area (Å²) in [5.74, 6) is -0.243. The van der Waals surface area contributed by atoms with Gasteiger partial charge < -0.3 is 9.64 Å². The fraction of sp³-hybridized carbons (Fsp3) is 0.294. The van der Waals surface area contributed by atoms with Gasteiger partial charge in [-0.1, -0.05) is 23.7 Å². The minimum Gasteiger partial charge on any atom is -0.489 e. The van der Waals surface area contributed by atoms with Crippen molar-refractivity contribution in [3.05, 3.63) is 59.1 Å². The number of benzene rings is 1. The van der Waals surface area contributed by atoms with Crippen LogP contribution in [0.5, 0.6) is 5.75 Å². The average Bonchev–Trinajstić information content (AvgIpc) is 2.57. The Balaban J connectivity index is 1.59. The number of aromatic nitrogens is 1. The van der Waals surface area contributed by atoms with E-state index in [0.29, 0.717) is 36.7 Å². The molecule has 1 aromatic heterocycles. The molecular weight excluding hydrogens is 319 g/mol. The highest BCUT2D eigenvalue weighted by molar-refractivity contribution is 6.32. The number of nitrogens with zero attached hydrogens (tertiary/aromatic N) is 2. The number of piperidine rings is 1. The molecule has 4 nitrogen and oxygen atoms in total. The lowest BCUT2D eigenvalue weighted by Crippen LogP contribution is -2.42. The Bertz CT molecular complexity index is 702. The molecule has 0 atom stereocenters. The molecular formula is C17H16ClFN2O2. The third-order valence-electron chi connectivity index (χ3n) is 3.86. The molecule has 0 saturated carbocycles. The normalized spacial score (nSPS) is 15.5. The van der Waals surface area contributed by atoms with Crippen LogP contribution in [0.1, 0.15) is 23.2 Å². The summed E-state index contributed by atoms with van der Waals surface area (Å²) in [6, 6.07) is 8.73. The van der Waals surface area contributed by atoms with Crippen LogP contribution in [0.3, 0.4) is 0 Å². The van der Waals surface area contributed by atoms with Gasteiger partial charge in [-0.05, 0) is 18.2 Å². The van der Waals surface area contributed by atoms with Gasteiger partial charge in [-0.15, -0.1) is 0 Å². The highest BCUT2D eigenvalue weighted by atomic mass is 35.5. The first-order valence-corrected chi connectivity index (χ1v) is 7.83. The van der Waals surface area contributed by atoms with Crippen LogP contribution in [0.4, 0.5) is 4.39 Å². The highest BCUT2D eigenvalue weighted by Crippen LogP contribution is 2.27. The lowest BCUT2D eigenvalue weighted by Gasteiger charge is -2.32. The molecule has 0 bridgehead atoms. The predicted octanol–water partition coefficient (Wildman–Crippen LogP) is 3.56. The zero-order valence-corrected chi connectivity index (χ0v) is 13.2. The van der Waals surface area contributed by atoms with Crippen LogP contribution in [-0.2, 0) is 0 Å². The van der Waals surface area contributed by atoms with Gasteiger partial charge in [0, 0.05) is 32.1 Å². The van der Waals surface area contributed by atoms with E-state index in [9.17, 15) is 9.18 Å². The molecule has 23 heavy (non-hydrogen) atoms. The predicted molar refractivity (Wildman–Crippen MR) is 85.2 cm³/mol. The number of para-hydroxylation sites is 1. The zero-order chi connectivity index (χ0) is 16.2. The number of likely N-dealkylation sites (tertiary alicyclic amines) is 1. The average molecular weight is 335 g/mol. The Kier molecular flexibility index (Phi) is 4.76. The van der Waals surface area contributed by atoms with Gasteiger partial charge in [-0.2, -0.15) is 0 Å². The molecule has 1 aliphatic heterocycles. The van der Waals surface area contributed by atoms with Gasteiger partial charge in [0.25, 0.3) is 5.91 Å². The standard InChI is InChI=1S/C17H16ClFN2O2/c18-14-3-1-2-4-16(14)23-12-6-9-21(10-7-12)17(22)13-5-8-20-11-15(13)19/h1-5,8,11-12H,6-7,9-10H2. The quantitative estimate of drug-likeness (QED) is 0.862. The van der Waals surface area contributed by atoms with Gasteiger partial charge in [0.05, 0.1) is 16.8 Å².